The lowest BCUT2D eigenvalue weighted by Crippen LogP contribution is -2.23. The molecule has 0 aliphatic rings. The van der Waals surface area contributed by atoms with E-state index in [0.29, 0.717) is 19.6 Å². The van der Waals surface area contributed by atoms with E-state index in [2.05, 4.69) is 15.6 Å². The molecular weight excluding hydrogens is 188 g/mol. The van der Waals surface area contributed by atoms with Gasteiger partial charge in [0.15, 0.2) is 5.69 Å². The van der Waals surface area contributed by atoms with Crippen LogP contribution in [0.3, 0.4) is 0 Å². The first-order chi connectivity index (χ1) is 6.74. The number of nitrogens with zero attached hydrogens (tertiary/aromatic N) is 3. The Morgan fingerprint density at radius 2 is 2.36 bits per heavy atom. The van der Waals surface area contributed by atoms with Crippen molar-refractivity contribution in [3.05, 3.63) is 11.9 Å². The zero-order valence-electron chi connectivity index (χ0n) is 7.55. The smallest absolute Gasteiger partial charge is 0.358 e. The van der Waals surface area contributed by atoms with Gasteiger partial charge in [0.1, 0.15) is 0 Å². The van der Waals surface area contributed by atoms with Gasteiger partial charge in [0, 0.05) is 13.1 Å². The van der Waals surface area contributed by atoms with Crippen molar-refractivity contribution in [1.82, 2.24) is 20.3 Å². The van der Waals surface area contributed by atoms with Gasteiger partial charge in [0.25, 0.3) is 0 Å². The molecule has 0 aromatic carbocycles. The van der Waals surface area contributed by atoms with Crippen LogP contribution in [0.25, 0.3) is 0 Å². The Labute approximate surface area is 80.4 Å². The Bertz CT molecular complexity index is 299. The Kier molecular flexibility index (Phi) is 4.02. The third-order valence-corrected chi connectivity index (χ3v) is 1.56. The second kappa shape index (κ2) is 5.30. The fourth-order valence-electron chi connectivity index (χ4n) is 0.903. The molecule has 0 spiro atoms. The lowest BCUT2D eigenvalue weighted by molar-refractivity contribution is 0.0690. The molecule has 1 rings (SSSR count). The highest BCUT2D eigenvalue weighted by Crippen LogP contribution is 1.91. The van der Waals surface area contributed by atoms with Crippen LogP contribution in [0, 0.1) is 0 Å². The van der Waals surface area contributed by atoms with Crippen molar-refractivity contribution in [2.24, 2.45) is 0 Å². The fourth-order valence-corrected chi connectivity index (χ4v) is 0.903. The van der Waals surface area contributed by atoms with E-state index in [1.54, 1.807) is 0 Å². The number of aliphatic hydroxyl groups excluding tert-OH is 1. The molecule has 0 radical (unpaired) electrons. The topological polar surface area (TPSA) is 100 Å². The lowest BCUT2D eigenvalue weighted by atomic mass is 10.5. The summed E-state index contributed by atoms with van der Waals surface area (Å²) < 4.78 is 1.44. The molecule has 1 heterocycles. The molecule has 3 N–H and O–H groups in total. The van der Waals surface area contributed by atoms with Gasteiger partial charge in [-0.25, -0.2) is 4.79 Å². The summed E-state index contributed by atoms with van der Waals surface area (Å²) in [6.07, 6.45) is 1.36. The predicted octanol–water partition coefficient (Wildman–Crippen LogP) is -1.44. The van der Waals surface area contributed by atoms with Crippen molar-refractivity contribution in [2.75, 3.05) is 19.7 Å². The highest BCUT2D eigenvalue weighted by Gasteiger charge is 2.07. The van der Waals surface area contributed by atoms with Gasteiger partial charge in [-0.2, -0.15) is 0 Å². The second-order valence-electron chi connectivity index (χ2n) is 2.65. The summed E-state index contributed by atoms with van der Waals surface area (Å²) in [5, 5.41) is 27.0. The zero-order valence-corrected chi connectivity index (χ0v) is 7.55. The van der Waals surface area contributed by atoms with Gasteiger partial charge in [-0.05, 0) is 0 Å². The van der Waals surface area contributed by atoms with Crippen LogP contribution in [0.1, 0.15) is 10.5 Å². The standard InChI is InChI=1S/C7H12N4O3/c12-4-2-8-1-3-11-5-6(7(13)14)9-10-11/h5,8,12H,1-4H2,(H,13,14). The Hall–Kier alpha value is -1.47. The number of hydrogen-bond acceptors (Lipinski definition) is 5. The van der Waals surface area contributed by atoms with Crippen LogP contribution in [0.15, 0.2) is 6.20 Å². The van der Waals surface area contributed by atoms with E-state index in [1.807, 2.05) is 0 Å². The number of carbonyl (C=O) groups is 1. The molecule has 0 amide bonds. The number of aliphatic hydroxyl groups is 1. The quantitative estimate of drug-likeness (QED) is 0.486. The van der Waals surface area contributed by atoms with Crippen LogP contribution in [-0.2, 0) is 6.54 Å². The van der Waals surface area contributed by atoms with Crippen LogP contribution >= 0.6 is 0 Å². The Morgan fingerprint density at radius 1 is 1.57 bits per heavy atom. The van der Waals surface area contributed by atoms with Crippen LogP contribution in [0.2, 0.25) is 0 Å². The fraction of sp³-hybridized carbons (Fsp3) is 0.571. The summed E-state index contributed by atoms with van der Waals surface area (Å²) >= 11 is 0. The minimum Gasteiger partial charge on any atom is -0.476 e. The lowest BCUT2D eigenvalue weighted by Gasteiger charge is -2.00. The van der Waals surface area contributed by atoms with Gasteiger partial charge in [-0.1, -0.05) is 5.21 Å². The number of carboxylic acid groups (broad SMARTS) is 1. The van der Waals surface area contributed by atoms with Crippen LogP contribution < -0.4 is 5.32 Å². The van der Waals surface area contributed by atoms with E-state index in [9.17, 15) is 4.79 Å². The highest BCUT2D eigenvalue weighted by atomic mass is 16.4. The molecule has 0 aliphatic carbocycles. The van der Waals surface area contributed by atoms with Crippen molar-refractivity contribution in [3.63, 3.8) is 0 Å². The monoisotopic (exact) mass is 200 g/mol. The maximum absolute atomic E-state index is 10.4. The van der Waals surface area contributed by atoms with E-state index in [4.69, 9.17) is 10.2 Å². The highest BCUT2D eigenvalue weighted by molar-refractivity contribution is 5.84. The van der Waals surface area contributed by atoms with Crippen molar-refractivity contribution in [2.45, 2.75) is 6.54 Å². The molecule has 0 unspecified atom stereocenters. The molecule has 0 atom stereocenters. The van der Waals surface area contributed by atoms with Crippen molar-refractivity contribution < 1.29 is 15.0 Å². The second-order valence-corrected chi connectivity index (χ2v) is 2.65. The first kappa shape index (κ1) is 10.6. The maximum atomic E-state index is 10.4. The molecule has 78 valence electrons. The molecule has 0 bridgehead atoms. The average Bonchev–Trinajstić information content (AvgIpc) is 2.61. The van der Waals surface area contributed by atoms with Crippen LogP contribution in [0.5, 0.6) is 0 Å². The van der Waals surface area contributed by atoms with Crippen molar-refractivity contribution in [3.8, 4) is 0 Å². The summed E-state index contributed by atoms with van der Waals surface area (Å²) in [4.78, 5) is 10.4. The molecule has 0 saturated heterocycles. The molecule has 14 heavy (non-hydrogen) atoms. The summed E-state index contributed by atoms with van der Waals surface area (Å²) in [5.74, 6) is -1.08. The van der Waals surface area contributed by atoms with Gasteiger partial charge >= 0.3 is 5.97 Å². The summed E-state index contributed by atoms with van der Waals surface area (Å²) in [5.41, 5.74) is -0.0628. The van der Waals surface area contributed by atoms with E-state index in [-0.39, 0.29) is 12.3 Å². The van der Waals surface area contributed by atoms with Gasteiger partial charge in [0.05, 0.1) is 19.3 Å². The number of rotatable bonds is 6. The number of carboxylic acids is 1. The first-order valence-corrected chi connectivity index (χ1v) is 4.19. The van der Waals surface area contributed by atoms with E-state index in [1.165, 1.54) is 10.9 Å². The minimum atomic E-state index is -1.08. The van der Waals surface area contributed by atoms with Crippen molar-refractivity contribution >= 4 is 5.97 Å². The van der Waals surface area contributed by atoms with Gasteiger partial charge in [-0.3, -0.25) is 4.68 Å². The largest absolute Gasteiger partial charge is 0.476 e. The number of aromatic nitrogens is 3. The zero-order chi connectivity index (χ0) is 10.4. The van der Waals surface area contributed by atoms with Gasteiger partial charge in [0.2, 0.25) is 0 Å². The van der Waals surface area contributed by atoms with Gasteiger partial charge in [-0.15, -0.1) is 5.10 Å². The molecule has 1 aromatic heterocycles. The minimum absolute atomic E-state index is 0.0628. The molecule has 0 aliphatic heterocycles. The first-order valence-electron chi connectivity index (χ1n) is 4.19. The molecule has 0 fully saturated rings. The third-order valence-electron chi connectivity index (χ3n) is 1.56. The predicted molar refractivity (Wildman–Crippen MR) is 46.9 cm³/mol. The molecule has 0 saturated carbocycles. The molecular formula is C7H12N4O3. The van der Waals surface area contributed by atoms with Crippen LogP contribution in [-0.4, -0.2) is 50.9 Å². The van der Waals surface area contributed by atoms with E-state index >= 15 is 0 Å². The maximum Gasteiger partial charge on any atom is 0.358 e. The average molecular weight is 200 g/mol. The van der Waals surface area contributed by atoms with Crippen LogP contribution in [0.4, 0.5) is 0 Å². The molecule has 1 aromatic rings. The number of hydrogen-bond donors (Lipinski definition) is 3. The number of nitrogens with one attached hydrogen (secondary N) is 1. The summed E-state index contributed by atoms with van der Waals surface area (Å²) in [6, 6.07) is 0. The summed E-state index contributed by atoms with van der Waals surface area (Å²) in [6.45, 7) is 1.74. The normalized spacial score (nSPS) is 10.4. The molecule has 7 nitrogen and oxygen atoms in total. The van der Waals surface area contributed by atoms with Crippen molar-refractivity contribution in [1.29, 1.82) is 0 Å². The number of aromatic carboxylic acids is 1. The molecule has 7 heteroatoms. The Balaban J connectivity index is 2.33. The third kappa shape index (κ3) is 3.11. The Morgan fingerprint density at radius 3 is 2.93 bits per heavy atom. The SMILES string of the molecule is O=C(O)c1cn(CCNCCO)nn1. The van der Waals surface area contributed by atoms with Gasteiger partial charge < -0.3 is 15.5 Å². The summed E-state index contributed by atoms with van der Waals surface area (Å²) in [7, 11) is 0. The van der Waals surface area contributed by atoms with E-state index < -0.39 is 5.97 Å². The van der Waals surface area contributed by atoms with E-state index in [0.717, 1.165) is 0 Å².